The van der Waals surface area contributed by atoms with Crippen molar-refractivity contribution in [3.63, 3.8) is 0 Å². The van der Waals surface area contributed by atoms with Crippen LogP contribution < -0.4 is 5.43 Å². The number of nitrogens with zero attached hydrogens (tertiary/aromatic N) is 1. The molecule has 102 valence electrons. The number of hydrogen-bond acceptors (Lipinski definition) is 1. The molecule has 1 atom stereocenters. The molecular weight excluding hydrogens is 241 g/mol. The minimum atomic E-state index is -4.27. The normalized spacial score (nSPS) is 14.6. The molecule has 1 unspecified atom stereocenters. The summed E-state index contributed by atoms with van der Waals surface area (Å²) in [5.41, 5.74) is 3.39. The average Bonchev–Trinajstić information content (AvgIpc) is 2.13. The fourth-order valence-corrected chi connectivity index (χ4v) is 1.93. The highest BCUT2D eigenvalue weighted by molar-refractivity contribution is 5.26. The largest absolute Gasteiger partial charge is 0.416 e. The summed E-state index contributed by atoms with van der Waals surface area (Å²) in [6.45, 7) is 1.96. The minimum Gasteiger partial charge on any atom is -0.253 e. The van der Waals surface area contributed by atoms with Gasteiger partial charge in [-0.15, -0.1) is 0 Å². The van der Waals surface area contributed by atoms with Gasteiger partial charge < -0.3 is 0 Å². The van der Waals surface area contributed by atoms with Gasteiger partial charge in [-0.05, 0) is 25.0 Å². The molecule has 0 aliphatic heterocycles. The SMILES string of the molecule is CC(Cc1cccc(C(F)(F)F)c1)N[N+](C)(C)C. The predicted molar refractivity (Wildman–Crippen MR) is 65.8 cm³/mol. The van der Waals surface area contributed by atoms with Crippen LogP contribution in [-0.2, 0) is 12.6 Å². The zero-order valence-electron chi connectivity index (χ0n) is 11.2. The van der Waals surface area contributed by atoms with Crippen molar-refractivity contribution < 1.29 is 17.8 Å². The molecule has 1 aromatic carbocycles. The zero-order chi connectivity index (χ0) is 14.0. The third-order valence-corrected chi connectivity index (χ3v) is 2.40. The lowest BCUT2D eigenvalue weighted by atomic mass is 10.0. The summed E-state index contributed by atoms with van der Waals surface area (Å²) in [6.07, 6.45) is -3.70. The van der Waals surface area contributed by atoms with Crippen molar-refractivity contribution in [2.75, 3.05) is 21.1 Å². The van der Waals surface area contributed by atoms with Gasteiger partial charge in [-0.1, -0.05) is 18.2 Å². The van der Waals surface area contributed by atoms with Crippen LogP contribution in [0.25, 0.3) is 0 Å². The van der Waals surface area contributed by atoms with E-state index in [1.807, 2.05) is 28.1 Å². The van der Waals surface area contributed by atoms with E-state index in [2.05, 4.69) is 5.43 Å². The highest BCUT2D eigenvalue weighted by Crippen LogP contribution is 2.29. The van der Waals surface area contributed by atoms with Gasteiger partial charge in [-0.3, -0.25) is 4.59 Å². The minimum absolute atomic E-state index is 0.105. The molecule has 1 aromatic rings. The smallest absolute Gasteiger partial charge is 0.253 e. The first-order valence-corrected chi connectivity index (χ1v) is 5.83. The highest BCUT2D eigenvalue weighted by atomic mass is 19.4. The first kappa shape index (κ1) is 15.0. The third-order valence-electron chi connectivity index (χ3n) is 2.40. The van der Waals surface area contributed by atoms with Gasteiger partial charge in [0, 0.05) is 0 Å². The first-order valence-electron chi connectivity index (χ1n) is 5.83. The summed E-state index contributed by atoms with van der Waals surface area (Å²) in [7, 11) is 5.92. The van der Waals surface area contributed by atoms with Gasteiger partial charge in [0.25, 0.3) is 0 Å². The van der Waals surface area contributed by atoms with Gasteiger partial charge in [0.05, 0.1) is 32.7 Å². The summed E-state index contributed by atoms with van der Waals surface area (Å²) in [5, 5.41) is 0. The maximum absolute atomic E-state index is 12.6. The van der Waals surface area contributed by atoms with Gasteiger partial charge in [0.1, 0.15) is 0 Å². The fraction of sp³-hybridized carbons (Fsp3) is 0.538. The van der Waals surface area contributed by atoms with Gasteiger partial charge in [0.2, 0.25) is 0 Å². The molecule has 2 nitrogen and oxygen atoms in total. The molecule has 0 radical (unpaired) electrons. The molecule has 0 saturated heterocycles. The van der Waals surface area contributed by atoms with Crippen molar-refractivity contribution in [1.29, 1.82) is 0 Å². The lowest BCUT2D eigenvalue weighted by molar-refractivity contribution is -0.918. The summed E-state index contributed by atoms with van der Waals surface area (Å²) in [4.78, 5) is 0. The van der Waals surface area contributed by atoms with E-state index >= 15 is 0 Å². The van der Waals surface area contributed by atoms with Gasteiger partial charge in [-0.2, -0.15) is 18.6 Å². The van der Waals surface area contributed by atoms with Crippen molar-refractivity contribution in [3.8, 4) is 0 Å². The van der Waals surface area contributed by atoms with Crippen LogP contribution in [-0.4, -0.2) is 31.8 Å². The summed E-state index contributed by atoms with van der Waals surface area (Å²) < 4.78 is 38.2. The van der Waals surface area contributed by atoms with Crippen molar-refractivity contribution in [1.82, 2.24) is 5.43 Å². The highest BCUT2D eigenvalue weighted by Gasteiger charge is 2.30. The van der Waals surface area contributed by atoms with E-state index in [1.54, 1.807) is 6.07 Å². The maximum Gasteiger partial charge on any atom is 0.416 e. The van der Waals surface area contributed by atoms with Crippen molar-refractivity contribution in [2.45, 2.75) is 25.6 Å². The van der Waals surface area contributed by atoms with Crippen LogP contribution in [0.5, 0.6) is 0 Å². The zero-order valence-corrected chi connectivity index (χ0v) is 11.2. The number of benzene rings is 1. The Morgan fingerprint density at radius 2 is 1.83 bits per heavy atom. The molecule has 0 aliphatic carbocycles. The Morgan fingerprint density at radius 3 is 2.33 bits per heavy atom. The van der Waals surface area contributed by atoms with Crippen LogP contribution in [0.4, 0.5) is 13.2 Å². The van der Waals surface area contributed by atoms with E-state index in [0.29, 0.717) is 16.6 Å². The van der Waals surface area contributed by atoms with Crippen LogP contribution in [0.3, 0.4) is 0 Å². The Kier molecular flexibility index (Phi) is 4.40. The third kappa shape index (κ3) is 5.06. The summed E-state index contributed by atoms with van der Waals surface area (Å²) in [5.74, 6) is 0. The second-order valence-corrected chi connectivity index (χ2v) is 5.44. The van der Waals surface area contributed by atoms with Crippen LogP contribution in [0.1, 0.15) is 18.1 Å². The number of halogens is 3. The van der Waals surface area contributed by atoms with Gasteiger partial charge in [-0.25, -0.2) is 0 Å². The maximum atomic E-state index is 12.6. The monoisotopic (exact) mass is 261 g/mol. The molecule has 1 N–H and O–H groups in total. The molecule has 5 heteroatoms. The molecule has 0 aliphatic rings. The fourth-order valence-electron chi connectivity index (χ4n) is 1.93. The Bertz CT molecular complexity index is 394. The summed E-state index contributed by atoms with van der Waals surface area (Å²) >= 11 is 0. The van der Waals surface area contributed by atoms with Crippen LogP contribution in [0, 0.1) is 0 Å². The molecule has 0 heterocycles. The number of nitrogens with one attached hydrogen (secondary N) is 1. The molecule has 1 rings (SSSR count). The van der Waals surface area contributed by atoms with E-state index in [-0.39, 0.29) is 6.04 Å². The Balaban J connectivity index is 2.74. The van der Waals surface area contributed by atoms with Crippen LogP contribution in [0.2, 0.25) is 0 Å². The van der Waals surface area contributed by atoms with E-state index in [4.69, 9.17) is 0 Å². The second-order valence-electron chi connectivity index (χ2n) is 5.44. The standard InChI is InChI=1S/C13H20F3N2/c1-10(17-18(2,3)4)8-11-6-5-7-12(9-11)13(14,15)16/h5-7,9-10,17H,8H2,1-4H3/q+1. The van der Waals surface area contributed by atoms with E-state index < -0.39 is 11.7 Å². The van der Waals surface area contributed by atoms with E-state index in [0.717, 1.165) is 6.07 Å². The van der Waals surface area contributed by atoms with Crippen LogP contribution >= 0.6 is 0 Å². The van der Waals surface area contributed by atoms with Gasteiger partial charge in [0.15, 0.2) is 0 Å². The van der Waals surface area contributed by atoms with Gasteiger partial charge >= 0.3 is 6.18 Å². The number of quaternary nitrogens is 1. The Hall–Kier alpha value is -1.07. The van der Waals surface area contributed by atoms with Crippen molar-refractivity contribution >= 4 is 0 Å². The quantitative estimate of drug-likeness (QED) is 0.649. The molecule has 0 bridgehead atoms. The molecule has 0 fully saturated rings. The molecule has 0 aromatic heterocycles. The van der Waals surface area contributed by atoms with Crippen LogP contribution in [0.15, 0.2) is 24.3 Å². The lowest BCUT2D eigenvalue weighted by Crippen LogP contribution is -2.52. The molecule has 0 amide bonds. The second kappa shape index (κ2) is 5.28. The first-order chi connectivity index (χ1) is 8.08. The average molecular weight is 261 g/mol. The Morgan fingerprint density at radius 1 is 1.22 bits per heavy atom. The number of hydrogen-bond donors (Lipinski definition) is 1. The number of alkyl halides is 3. The van der Waals surface area contributed by atoms with E-state index in [1.165, 1.54) is 12.1 Å². The lowest BCUT2D eigenvalue weighted by Gasteiger charge is -2.28. The van der Waals surface area contributed by atoms with Crippen molar-refractivity contribution in [3.05, 3.63) is 35.4 Å². The molecule has 18 heavy (non-hydrogen) atoms. The van der Waals surface area contributed by atoms with Crippen molar-refractivity contribution in [2.24, 2.45) is 0 Å². The predicted octanol–water partition coefficient (Wildman–Crippen LogP) is 2.85. The molecule has 0 saturated carbocycles. The summed E-state index contributed by atoms with van der Waals surface area (Å²) in [6, 6.07) is 5.60. The Labute approximate surface area is 106 Å². The van der Waals surface area contributed by atoms with E-state index in [9.17, 15) is 13.2 Å². The topological polar surface area (TPSA) is 12.0 Å². The number of rotatable bonds is 4. The molecular formula is C13H20F3N2+. The molecule has 0 spiro atoms.